The van der Waals surface area contributed by atoms with Gasteiger partial charge in [-0.15, -0.1) is 0 Å². The number of imidazole rings is 1. The number of amides is 2. The molecule has 0 spiro atoms. The number of nitrogens with zero attached hydrogens (tertiary/aromatic N) is 4. The summed E-state index contributed by atoms with van der Waals surface area (Å²) < 4.78 is 1.67. The monoisotopic (exact) mass is 641 g/mol. The molecule has 0 bridgehead atoms. The van der Waals surface area contributed by atoms with Crippen LogP contribution in [0.3, 0.4) is 0 Å². The fourth-order valence-electron chi connectivity index (χ4n) is 6.49. The third-order valence-electron chi connectivity index (χ3n) is 8.83. The summed E-state index contributed by atoms with van der Waals surface area (Å²) in [4.78, 5) is 57.2. The predicted octanol–water partition coefficient (Wildman–Crippen LogP) is 7.57. The van der Waals surface area contributed by atoms with Crippen LogP contribution in [0.15, 0.2) is 108 Å². The van der Waals surface area contributed by atoms with Gasteiger partial charge in [0.25, 0.3) is 17.4 Å². The smallest absolute Gasteiger partial charge is 0.262 e. The summed E-state index contributed by atoms with van der Waals surface area (Å²) >= 11 is 6.40. The Kier molecular flexibility index (Phi) is 7.82. The van der Waals surface area contributed by atoms with Crippen molar-refractivity contribution in [2.75, 3.05) is 0 Å². The molecule has 0 saturated heterocycles. The molecule has 6 aromatic rings. The summed E-state index contributed by atoms with van der Waals surface area (Å²) in [5, 5.41) is 0.877. The summed E-state index contributed by atoms with van der Waals surface area (Å²) in [7, 11) is 0. The van der Waals surface area contributed by atoms with E-state index in [1.54, 1.807) is 53.2 Å². The van der Waals surface area contributed by atoms with E-state index < -0.39 is 23.8 Å². The summed E-state index contributed by atoms with van der Waals surface area (Å²) in [6.07, 6.45) is 1.68. The molecular weight excluding hydrogens is 610 g/mol. The van der Waals surface area contributed by atoms with Crippen LogP contribution < -0.4 is 5.56 Å². The minimum absolute atomic E-state index is 0.194. The van der Waals surface area contributed by atoms with Crippen LogP contribution in [-0.4, -0.2) is 36.2 Å². The van der Waals surface area contributed by atoms with Crippen molar-refractivity contribution in [3.05, 3.63) is 152 Å². The fraction of sp³-hybridized carbons (Fsp3) is 0.184. The van der Waals surface area contributed by atoms with Gasteiger partial charge in [0, 0.05) is 16.5 Å². The molecule has 234 valence electrons. The maximum Gasteiger partial charge on any atom is 0.262 e. The minimum atomic E-state index is -0.875. The van der Waals surface area contributed by atoms with E-state index in [0.29, 0.717) is 44.4 Å². The van der Waals surface area contributed by atoms with E-state index in [1.807, 2.05) is 75.4 Å². The number of nitrogens with one attached hydrogen (secondary N) is 1. The average Bonchev–Trinajstić information content (AvgIpc) is 3.65. The van der Waals surface area contributed by atoms with Gasteiger partial charge < -0.3 is 4.98 Å². The van der Waals surface area contributed by atoms with Crippen molar-refractivity contribution >= 4 is 34.3 Å². The number of imide groups is 1. The van der Waals surface area contributed by atoms with Gasteiger partial charge in [0.15, 0.2) is 0 Å². The van der Waals surface area contributed by atoms with E-state index in [1.165, 1.54) is 4.90 Å². The molecule has 2 aromatic heterocycles. The maximum absolute atomic E-state index is 14.3. The number of carbonyl (C=O) groups excluding carboxylic acids is 2. The molecule has 0 radical (unpaired) electrons. The molecule has 1 N–H and O–H groups in total. The first-order valence-electron chi connectivity index (χ1n) is 15.5. The van der Waals surface area contributed by atoms with Crippen LogP contribution in [0.2, 0.25) is 5.02 Å². The first-order chi connectivity index (χ1) is 22.7. The van der Waals surface area contributed by atoms with Crippen molar-refractivity contribution in [3.63, 3.8) is 0 Å². The van der Waals surface area contributed by atoms with Crippen LogP contribution in [0.4, 0.5) is 0 Å². The van der Waals surface area contributed by atoms with Crippen molar-refractivity contribution in [1.29, 1.82) is 0 Å². The number of H-pyrrole nitrogens is 1. The Labute approximate surface area is 276 Å². The van der Waals surface area contributed by atoms with Crippen LogP contribution in [0.25, 0.3) is 22.3 Å². The Morgan fingerprint density at radius 2 is 1.49 bits per heavy atom. The van der Waals surface area contributed by atoms with Gasteiger partial charge in [-0.3, -0.25) is 23.9 Å². The average molecular weight is 642 g/mol. The van der Waals surface area contributed by atoms with E-state index in [2.05, 4.69) is 4.98 Å². The second kappa shape index (κ2) is 12.1. The number of halogens is 1. The highest BCUT2D eigenvalue weighted by Crippen LogP contribution is 2.44. The fourth-order valence-corrected chi connectivity index (χ4v) is 6.65. The molecule has 2 atom stereocenters. The molecule has 9 heteroatoms. The van der Waals surface area contributed by atoms with Gasteiger partial charge in [-0.2, -0.15) is 0 Å². The highest BCUT2D eigenvalue weighted by atomic mass is 35.5. The molecule has 1 unspecified atom stereocenters. The van der Waals surface area contributed by atoms with Crippen LogP contribution in [-0.2, 0) is 6.54 Å². The van der Waals surface area contributed by atoms with E-state index in [4.69, 9.17) is 21.6 Å². The molecule has 0 fully saturated rings. The molecule has 2 amide bonds. The summed E-state index contributed by atoms with van der Waals surface area (Å²) in [6, 6.07) is 28.6. The summed E-state index contributed by atoms with van der Waals surface area (Å²) in [5.74, 6) is -0.591. The maximum atomic E-state index is 14.3. The first-order valence-corrected chi connectivity index (χ1v) is 15.9. The number of hydrogen-bond acceptors (Lipinski definition) is 5. The molecular formula is C38H32ClN5O3. The van der Waals surface area contributed by atoms with E-state index in [-0.39, 0.29) is 18.0 Å². The van der Waals surface area contributed by atoms with Crippen molar-refractivity contribution < 1.29 is 9.59 Å². The Morgan fingerprint density at radius 1 is 0.830 bits per heavy atom. The molecule has 3 heterocycles. The molecule has 0 aliphatic carbocycles. The zero-order chi connectivity index (χ0) is 32.8. The number of carbonyl (C=O) groups is 2. The Hall–Kier alpha value is -5.34. The predicted molar refractivity (Wildman–Crippen MR) is 183 cm³/mol. The molecule has 47 heavy (non-hydrogen) atoms. The molecule has 0 saturated carbocycles. The SMILES string of the molecule is Cc1ccc(-c2ncc(C([C@H](c3nc4cc(Cl)ccc4c(=O)n3Cc3ccccc3)C(C)C)N3C(=O)c4ccccc4C3=O)[nH]2)cc1. The van der Waals surface area contributed by atoms with Crippen LogP contribution in [0, 0.1) is 12.8 Å². The second-order valence-electron chi connectivity index (χ2n) is 12.3. The van der Waals surface area contributed by atoms with Gasteiger partial charge in [0.05, 0.1) is 46.5 Å². The number of aromatic amines is 1. The van der Waals surface area contributed by atoms with E-state index in [0.717, 1.165) is 16.7 Å². The van der Waals surface area contributed by atoms with E-state index in [9.17, 15) is 14.4 Å². The highest BCUT2D eigenvalue weighted by Gasteiger charge is 2.46. The number of hydrogen-bond donors (Lipinski definition) is 1. The van der Waals surface area contributed by atoms with Crippen LogP contribution in [0.5, 0.6) is 0 Å². The highest BCUT2D eigenvalue weighted by molar-refractivity contribution is 6.31. The van der Waals surface area contributed by atoms with Crippen LogP contribution in [0.1, 0.15) is 69.2 Å². The second-order valence-corrected chi connectivity index (χ2v) is 12.7. The van der Waals surface area contributed by atoms with Crippen molar-refractivity contribution in [2.45, 2.75) is 39.3 Å². The third-order valence-corrected chi connectivity index (χ3v) is 9.06. The number of rotatable bonds is 8. The van der Waals surface area contributed by atoms with Crippen molar-refractivity contribution in [1.82, 2.24) is 24.4 Å². The normalized spacial score (nSPS) is 14.2. The summed E-state index contributed by atoms with van der Waals surface area (Å²) in [6.45, 7) is 6.28. The van der Waals surface area contributed by atoms with Gasteiger partial charge in [-0.1, -0.05) is 97.7 Å². The lowest BCUT2D eigenvalue weighted by Crippen LogP contribution is -2.41. The zero-order valence-electron chi connectivity index (χ0n) is 26.1. The Balaban J connectivity index is 1.47. The third kappa shape index (κ3) is 5.44. The lowest BCUT2D eigenvalue weighted by Gasteiger charge is -2.35. The summed E-state index contributed by atoms with van der Waals surface area (Å²) in [5.41, 5.74) is 4.33. The number of fused-ring (bicyclic) bond motifs is 2. The Bertz CT molecular complexity index is 2170. The number of benzene rings is 4. The molecule has 1 aliphatic rings. The van der Waals surface area contributed by atoms with Gasteiger partial charge in [-0.05, 0) is 48.7 Å². The Morgan fingerprint density at radius 3 is 2.15 bits per heavy atom. The first kappa shape index (κ1) is 30.3. The molecule has 1 aliphatic heterocycles. The lowest BCUT2D eigenvalue weighted by atomic mass is 9.84. The van der Waals surface area contributed by atoms with Crippen molar-refractivity contribution in [3.8, 4) is 11.4 Å². The zero-order valence-corrected chi connectivity index (χ0v) is 26.9. The van der Waals surface area contributed by atoms with Gasteiger partial charge in [0.2, 0.25) is 0 Å². The number of aromatic nitrogens is 4. The quantitative estimate of drug-likeness (QED) is 0.173. The van der Waals surface area contributed by atoms with Gasteiger partial charge in [-0.25, -0.2) is 9.97 Å². The minimum Gasteiger partial charge on any atom is -0.340 e. The molecule has 8 nitrogen and oxygen atoms in total. The van der Waals surface area contributed by atoms with Crippen LogP contribution >= 0.6 is 11.6 Å². The topological polar surface area (TPSA) is 101 Å². The standard InChI is InChI=1S/C38H32ClN5O3/c1-22(2)32(35-42-30-19-26(39)17-18-29(30)36(45)43(35)21-24-9-5-4-6-10-24)33(44-37(46)27-11-7-8-12-28(27)38(44)47)31-20-40-34(41-31)25-15-13-23(3)14-16-25/h4-20,22,32-33H,21H2,1-3H3,(H,40,41)/t32-,33?/m1/s1. The lowest BCUT2D eigenvalue weighted by molar-refractivity contribution is 0.0529. The largest absolute Gasteiger partial charge is 0.340 e. The van der Waals surface area contributed by atoms with Crippen molar-refractivity contribution in [2.24, 2.45) is 5.92 Å². The van der Waals surface area contributed by atoms with Gasteiger partial charge in [0.1, 0.15) is 11.6 Å². The van der Waals surface area contributed by atoms with E-state index >= 15 is 0 Å². The molecule has 7 rings (SSSR count). The van der Waals surface area contributed by atoms with Gasteiger partial charge >= 0.3 is 0 Å². The molecule has 4 aromatic carbocycles. The number of aryl methyl sites for hydroxylation is 1.